The lowest BCUT2D eigenvalue weighted by Crippen LogP contribution is -2.57. The standard InChI is InChI=1S/C82H114BrN11O26S/c1-11-41(3)73-61(99)17-18-67(104)88-49-37-84-57(36-72(110)117-10)81(115)94-39-50(96)32-58(94)79(114)92-74(42(4)12-2)65(103)31-48(77(112)85-38-70(107)91-73)30-52-51-33-56-66(35-55(51)90-80(52)121-40-49)120-82(116)45(7)28-64(102)47(9)87-69(106)21-26-119-24-14-16-60(98)75(93-78(113)54(83)19-22-95)53(34-62(100)43(5)29-71(108)109)59(97)15-13-23-118-25-20-68(105)86-46(8)63(101)27-44(6)76(111)89-56/h19,29,33,35,41-42,44-50,53,57-58,73-75,84,90,95-96H,11-18,20-28,30-32,34,36-40H2,1-10H3,(H,85,112)(H,86,105)(H,87,106)(H,88,104)(H,89,111)(H,91,107)(H,92,114)(H,93,113)(H,108,109)/b43-29-,54-19+/t41-,42-,44?,45?,46?,47?,48+,49+,50-,53?,57-,58-,73-,74-,75?/m0/s1. The number of thioether (sulfide) groups is 1. The molecule has 0 spiro atoms. The number of carboxylic acid groups (broad SMARTS) is 1. The zero-order valence-electron chi connectivity index (χ0n) is 69.8. The van der Waals surface area contributed by atoms with E-state index < -0.39 is 260 Å². The number of nitrogens with one attached hydrogen (secondary N) is 10. The number of Topliss-reactive ketones (excluding diaryl/α,β-unsaturated/α-hetero) is 7. The molecule has 15 atom stereocenters. The lowest BCUT2D eigenvalue weighted by molar-refractivity contribution is -0.147. The number of hydrogen-bond acceptors (Lipinski definition) is 27. The van der Waals surface area contributed by atoms with Gasteiger partial charge in [0.25, 0.3) is 5.91 Å². The van der Waals surface area contributed by atoms with E-state index in [0.717, 1.165) is 29.8 Å². The van der Waals surface area contributed by atoms with Crippen LogP contribution >= 0.6 is 27.7 Å². The number of ketones is 7. The highest BCUT2D eigenvalue weighted by Crippen LogP contribution is 2.40. The van der Waals surface area contributed by atoms with E-state index in [1.165, 1.54) is 46.8 Å². The van der Waals surface area contributed by atoms with Crippen LogP contribution < -0.4 is 52.6 Å². The van der Waals surface area contributed by atoms with E-state index in [9.17, 15) is 96.8 Å². The zero-order chi connectivity index (χ0) is 89.6. The van der Waals surface area contributed by atoms with Gasteiger partial charge in [0.05, 0.1) is 121 Å². The fourth-order valence-electron chi connectivity index (χ4n) is 14.1. The molecule has 6 unspecified atom stereocenters. The van der Waals surface area contributed by atoms with Gasteiger partial charge in [-0.15, -0.1) is 11.8 Å². The number of anilines is 1. The number of methoxy groups -OCH3 is 1. The third kappa shape index (κ3) is 30.6. The normalized spacial score (nSPS) is 27.1. The summed E-state index contributed by atoms with van der Waals surface area (Å²) in [5.41, 5.74) is -0.108. The van der Waals surface area contributed by atoms with Crippen LogP contribution in [0.3, 0.4) is 0 Å². The number of nitrogens with zero attached hydrogens (tertiary/aromatic N) is 1. The molecule has 13 N–H and O–H groups in total. The molecule has 6 rings (SSSR count). The lowest BCUT2D eigenvalue weighted by Gasteiger charge is -2.31. The summed E-state index contributed by atoms with van der Waals surface area (Å²) in [7, 11) is 1.10. The maximum atomic E-state index is 15.3. The molecule has 5 heterocycles. The summed E-state index contributed by atoms with van der Waals surface area (Å²) in [6.07, 6.45) is -4.80. The van der Waals surface area contributed by atoms with Gasteiger partial charge in [-0.05, 0) is 91.1 Å². The highest BCUT2D eigenvalue weighted by molar-refractivity contribution is 9.12. The Morgan fingerprint density at radius 2 is 1.29 bits per heavy atom. The van der Waals surface area contributed by atoms with Crippen molar-refractivity contribution < 1.29 is 125 Å². The Hall–Kier alpha value is -9.80. The minimum atomic E-state index is -1.69. The largest absolute Gasteiger partial charge is 0.478 e. The average molecular weight is 1780 g/mol. The molecular formula is C82H114BrN11O26S. The van der Waals surface area contributed by atoms with Crippen molar-refractivity contribution in [2.24, 2.45) is 35.5 Å². The molecule has 2 aromatic rings. The van der Waals surface area contributed by atoms with Crippen LogP contribution in [0.1, 0.15) is 171 Å². The molecule has 1 fully saturated rings. The monoisotopic (exact) mass is 1780 g/mol. The number of amides is 9. The molecule has 37 nitrogen and oxygen atoms in total. The number of benzene rings is 1. The Kier molecular flexibility index (Phi) is 40.3. The van der Waals surface area contributed by atoms with Gasteiger partial charge in [0, 0.05) is 132 Å². The minimum Gasteiger partial charge on any atom is -0.478 e. The van der Waals surface area contributed by atoms with Crippen molar-refractivity contribution in [2.75, 3.05) is 70.8 Å². The number of esters is 2. The second kappa shape index (κ2) is 48.7. The number of rotatable bonds is 13. The molecule has 0 saturated carbocycles. The Balaban J connectivity index is 1.44. The average Bonchev–Trinajstić information content (AvgIpc) is 1.63. The quantitative estimate of drug-likeness (QED) is 0.0773. The Morgan fingerprint density at radius 3 is 1.89 bits per heavy atom. The van der Waals surface area contributed by atoms with E-state index in [0.29, 0.717) is 12.5 Å². The summed E-state index contributed by atoms with van der Waals surface area (Å²) < 4.78 is 22.2. The topological polar surface area (TPSA) is 549 Å². The molecule has 1 aromatic heterocycles. The summed E-state index contributed by atoms with van der Waals surface area (Å²) in [6, 6.07) is -7.77. The van der Waals surface area contributed by atoms with Crippen LogP contribution in [0.5, 0.6) is 5.75 Å². The van der Waals surface area contributed by atoms with Gasteiger partial charge in [-0.25, -0.2) is 4.79 Å². The number of aliphatic hydroxyl groups excluding tert-OH is 2. The third-order valence-corrected chi connectivity index (χ3v) is 23.6. The molecular weight excluding hydrogens is 1670 g/mol. The van der Waals surface area contributed by atoms with Crippen molar-refractivity contribution in [1.82, 2.24) is 52.4 Å². The summed E-state index contributed by atoms with van der Waals surface area (Å²) in [5.74, 6) is -22.3. The molecule has 9 amide bonds. The van der Waals surface area contributed by atoms with Gasteiger partial charge < -0.3 is 92.0 Å². The van der Waals surface area contributed by atoms with E-state index >= 15 is 9.59 Å². The first-order valence-electron chi connectivity index (χ1n) is 40.7. The number of ether oxygens (including phenoxy) is 4. The number of aromatic nitrogens is 1. The van der Waals surface area contributed by atoms with E-state index in [4.69, 9.17) is 18.9 Å². The first-order chi connectivity index (χ1) is 57.3. The van der Waals surface area contributed by atoms with Crippen LogP contribution in [0, 0.1) is 35.5 Å². The van der Waals surface area contributed by atoms with Crippen LogP contribution in [0.25, 0.3) is 10.9 Å². The van der Waals surface area contributed by atoms with E-state index in [-0.39, 0.29) is 146 Å². The fraction of sp³-hybridized carbons (Fsp3) is 0.622. The van der Waals surface area contributed by atoms with Crippen molar-refractivity contribution in [3.8, 4) is 5.75 Å². The van der Waals surface area contributed by atoms with Gasteiger partial charge >= 0.3 is 17.9 Å². The van der Waals surface area contributed by atoms with Crippen LogP contribution in [-0.4, -0.2) is 257 Å². The Labute approximate surface area is 713 Å². The fourth-order valence-corrected chi connectivity index (χ4v) is 15.5. The minimum absolute atomic E-state index is 0.0511. The van der Waals surface area contributed by atoms with Crippen LogP contribution in [-0.2, 0) is 112 Å². The maximum absolute atomic E-state index is 15.3. The maximum Gasteiger partial charge on any atom is 0.328 e. The van der Waals surface area contributed by atoms with Gasteiger partial charge in [0.2, 0.25) is 47.3 Å². The first-order valence-corrected chi connectivity index (χ1v) is 42.5. The summed E-state index contributed by atoms with van der Waals surface area (Å²) >= 11 is 4.07. The van der Waals surface area contributed by atoms with Gasteiger partial charge in [0.15, 0.2) is 40.4 Å². The summed E-state index contributed by atoms with van der Waals surface area (Å²) in [4.78, 5) is 270. The molecule has 2 bridgehead atoms. The molecule has 666 valence electrons. The number of carbonyl (C=O) groups excluding carboxylic acids is 18. The van der Waals surface area contributed by atoms with Gasteiger partial charge in [0.1, 0.15) is 11.8 Å². The van der Waals surface area contributed by atoms with Gasteiger partial charge in [-0.2, -0.15) is 0 Å². The highest BCUT2D eigenvalue weighted by atomic mass is 79.9. The van der Waals surface area contributed by atoms with Crippen molar-refractivity contribution in [1.29, 1.82) is 0 Å². The van der Waals surface area contributed by atoms with Crippen LogP contribution in [0.2, 0.25) is 0 Å². The molecule has 1 aromatic carbocycles. The Morgan fingerprint density at radius 1 is 0.686 bits per heavy atom. The molecule has 1 saturated heterocycles. The van der Waals surface area contributed by atoms with E-state index in [2.05, 4.69) is 68.8 Å². The number of aliphatic carboxylic acids is 1. The van der Waals surface area contributed by atoms with Crippen molar-refractivity contribution in [2.45, 2.75) is 231 Å². The highest BCUT2D eigenvalue weighted by Gasteiger charge is 2.45. The molecule has 4 aliphatic rings. The van der Waals surface area contributed by atoms with Crippen LogP contribution in [0.15, 0.2) is 39.4 Å². The number of aliphatic hydroxyl groups is 2. The number of carbonyl (C=O) groups is 19. The number of hydrogen-bond donors (Lipinski definition) is 13. The molecule has 4 aliphatic heterocycles. The van der Waals surface area contributed by atoms with E-state index in [1.807, 2.05) is 0 Å². The van der Waals surface area contributed by atoms with Crippen LogP contribution in [0.4, 0.5) is 5.69 Å². The van der Waals surface area contributed by atoms with E-state index in [1.54, 1.807) is 27.7 Å². The lowest BCUT2D eigenvalue weighted by atomic mass is 9.83. The number of aromatic amines is 1. The predicted molar refractivity (Wildman–Crippen MR) is 439 cm³/mol. The predicted octanol–water partition coefficient (Wildman–Crippen LogP) is 1.83. The summed E-state index contributed by atoms with van der Waals surface area (Å²) in [6.45, 7) is 10.8. The first kappa shape index (κ1) is 100. The van der Waals surface area contributed by atoms with Gasteiger partial charge in [-0.1, -0.05) is 54.4 Å². The number of H-pyrrole nitrogens is 1. The summed E-state index contributed by atoms with van der Waals surface area (Å²) in [5, 5.41) is 54.9. The second-order valence-electron chi connectivity index (χ2n) is 31.2. The number of carboxylic acids is 1. The zero-order valence-corrected chi connectivity index (χ0v) is 72.2. The van der Waals surface area contributed by atoms with Gasteiger partial charge in [-0.3, -0.25) is 86.3 Å². The second-order valence-corrected chi connectivity index (χ2v) is 33.1. The molecule has 0 aliphatic carbocycles. The number of allylic oxidation sites excluding steroid dienone is 1. The number of halogens is 1. The molecule has 0 radical (unpaired) electrons. The molecule has 121 heavy (non-hydrogen) atoms. The number of fused-ring (bicyclic) bond motifs is 6. The third-order valence-electron chi connectivity index (χ3n) is 21.7. The SMILES string of the molecule is CC[C@H](C)[C@@H]1NC(=O)CNC(=O)[C@H]2CC(=O)[C@H]([C@@H](C)CC)NC(=O)[C@@H]3C[C@H](O)CN3C(=O)[C@H](CC(=O)OC)NC[C@H](CSc3[nH]c4cc5c(cc4c3C2)NC(=O)C(C)CC(=O)C(C)NC(=O)CCOCCCC(=O)C(CC(=O)/C(C)=C\C(=O)O)C(NC(=O)/C(Br)=C\CO)C(=O)CCCOCCC(=O)NC(C)C(=O)CC(C)C(=O)O5)NC(=O)CCC1=O. The molecule has 39 heteroatoms. The van der Waals surface area contributed by atoms with Crippen molar-refractivity contribution in [3.05, 3.63) is 39.9 Å². The smallest absolute Gasteiger partial charge is 0.328 e. The van der Waals surface area contributed by atoms with Crippen molar-refractivity contribution >= 4 is 156 Å². The Bertz CT molecular complexity index is 4260. The van der Waals surface area contributed by atoms with Crippen molar-refractivity contribution in [3.63, 3.8) is 0 Å².